The molecule has 4 heteroatoms. The van der Waals surface area contributed by atoms with Crippen molar-refractivity contribution in [2.45, 2.75) is 0 Å². The van der Waals surface area contributed by atoms with Crippen LogP contribution in [0.5, 0.6) is 5.75 Å². The van der Waals surface area contributed by atoms with Gasteiger partial charge in [-0.25, -0.2) is 0 Å². The van der Waals surface area contributed by atoms with Crippen molar-refractivity contribution in [3.05, 3.63) is 18.2 Å². The van der Waals surface area contributed by atoms with Crippen LogP contribution in [0.25, 0.3) is 0 Å². The predicted octanol–water partition coefficient (Wildman–Crippen LogP) is 0.780. The summed E-state index contributed by atoms with van der Waals surface area (Å²) in [5.74, 6) is 0.139. The Hall–Kier alpha value is -1.71. The molecule has 0 atom stereocenters. The molecule has 0 fully saturated rings. The molecule has 1 aliphatic rings. The van der Waals surface area contributed by atoms with Crippen molar-refractivity contribution >= 4 is 17.3 Å². The number of aromatic hydroxyl groups is 1. The molecule has 2 rings (SSSR count). The second-order valence-corrected chi connectivity index (χ2v) is 3.08. The number of amides is 1. The number of rotatable bonds is 0. The molecule has 0 saturated heterocycles. The maximum Gasteiger partial charge on any atom is 0.243 e. The highest BCUT2D eigenvalue weighted by Gasteiger charge is 2.21. The van der Waals surface area contributed by atoms with E-state index in [0.29, 0.717) is 11.4 Å². The van der Waals surface area contributed by atoms with E-state index in [9.17, 15) is 9.90 Å². The Balaban J connectivity index is 2.55. The largest absolute Gasteiger partial charge is 0.506 e. The third-order valence-corrected chi connectivity index (χ3v) is 2.05. The normalized spacial score (nSPS) is 15.2. The fourth-order valence-corrected chi connectivity index (χ4v) is 1.52. The van der Waals surface area contributed by atoms with Crippen molar-refractivity contribution in [2.75, 3.05) is 23.8 Å². The third kappa shape index (κ3) is 1.20. The highest BCUT2D eigenvalue weighted by Crippen LogP contribution is 2.36. The number of nitrogens with one attached hydrogen (secondary N) is 1. The maximum atomic E-state index is 11.1. The molecule has 1 aliphatic heterocycles. The van der Waals surface area contributed by atoms with E-state index in [2.05, 4.69) is 5.32 Å². The van der Waals surface area contributed by atoms with E-state index in [1.165, 1.54) is 0 Å². The number of phenols is 1. The number of hydrogen-bond donors (Lipinski definition) is 2. The summed E-state index contributed by atoms with van der Waals surface area (Å²) in [5.41, 5.74) is 1.35. The number of fused-ring (bicyclic) bond motifs is 1. The number of anilines is 2. The Kier molecular flexibility index (Phi) is 1.62. The maximum absolute atomic E-state index is 11.1. The van der Waals surface area contributed by atoms with Crippen LogP contribution in [-0.4, -0.2) is 24.6 Å². The van der Waals surface area contributed by atoms with Crippen LogP contribution >= 0.6 is 0 Å². The Bertz CT molecular complexity index is 363. The number of para-hydroxylation sites is 1. The van der Waals surface area contributed by atoms with E-state index in [1.807, 2.05) is 0 Å². The van der Waals surface area contributed by atoms with Gasteiger partial charge in [0, 0.05) is 7.05 Å². The molecule has 1 amide bonds. The molecule has 0 radical (unpaired) electrons. The van der Waals surface area contributed by atoms with Gasteiger partial charge in [-0.2, -0.15) is 0 Å². The highest BCUT2D eigenvalue weighted by atomic mass is 16.3. The minimum absolute atomic E-state index is 0.0550. The number of nitrogens with zero attached hydrogens (tertiary/aromatic N) is 1. The molecule has 1 aromatic carbocycles. The Morgan fingerprint density at radius 3 is 3.08 bits per heavy atom. The van der Waals surface area contributed by atoms with Crippen molar-refractivity contribution in [3.63, 3.8) is 0 Å². The molecule has 2 N–H and O–H groups in total. The van der Waals surface area contributed by atoms with Crippen LogP contribution in [0.3, 0.4) is 0 Å². The van der Waals surface area contributed by atoms with Crippen molar-refractivity contribution in [1.29, 1.82) is 0 Å². The quantitative estimate of drug-likeness (QED) is 0.617. The zero-order valence-corrected chi connectivity index (χ0v) is 7.24. The molecular weight excluding hydrogens is 168 g/mol. The van der Waals surface area contributed by atoms with Gasteiger partial charge >= 0.3 is 0 Å². The average Bonchev–Trinajstić information content (AvgIpc) is 2.02. The smallest absolute Gasteiger partial charge is 0.243 e. The minimum Gasteiger partial charge on any atom is -0.506 e. The van der Waals surface area contributed by atoms with Gasteiger partial charge in [0.25, 0.3) is 0 Å². The number of hydrogen-bond acceptors (Lipinski definition) is 3. The van der Waals surface area contributed by atoms with Gasteiger partial charge in [-0.15, -0.1) is 0 Å². The monoisotopic (exact) mass is 178 g/mol. The summed E-state index contributed by atoms with van der Waals surface area (Å²) >= 11 is 0. The van der Waals surface area contributed by atoms with Crippen LogP contribution in [-0.2, 0) is 4.79 Å². The van der Waals surface area contributed by atoms with Crippen molar-refractivity contribution < 1.29 is 9.90 Å². The van der Waals surface area contributed by atoms with Crippen LogP contribution in [0.15, 0.2) is 18.2 Å². The lowest BCUT2D eigenvalue weighted by Gasteiger charge is -2.27. The first-order valence-electron chi connectivity index (χ1n) is 4.01. The molecule has 1 heterocycles. The van der Waals surface area contributed by atoms with Crippen molar-refractivity contribution in [2.24, 2.45) is 0 Å². The van der Waals surface area contributed by atoms with Gasteiger partial charge in [-0.3, -0.25) is 4.79 Å². The second kappa shape index (κ2) is 2.65. The summed E-state index contributed by atoms with van der Waals surface area (Å²) in [7, 11) is 1.78. The second-order valence-electron chi connectivity index (χ2n) is 3.08. The molecule has 68 valence electrons. The standard InChI is InChI=1S/C9H10N2O2/c1-11-5-8(13)10-6-3-2-4-7(12)9(6)11/h2-4,12H,5H2,1H3,(H,10,13). The molecule has 1 aromatic rings. The van der Waals surface area contributed by atoms with Crippen molar-refractivity contribution in [3.8, 4) is 5.75 Å². The number of benzene rings is 1. The van der Waals surface area contributed by atoms with E-state index in [4.69, 9.17) is 0 Å². The number of phenolic OH excluding ortho intramolecular Hbond substituents is 1. The van der Waals surface area contributed by atoms with E-state index < -0.39 is 0 Å². The molecule has 0 spiro atoms. The summed E-state index contributed by atoms with van der Waals surface area (Å²) in [6.45, 7) is 0.282. The zero-order valence-electron chi connectivity index (χ0n) is 7.24. The van der Waals surface area contributed by atoms with Gasteiger partial charge in [-0.05, 0) is 12.1 Å². The summed E-state index contributed by atoms with van der Waals surface area (Å²) in [6, 6.07) is 5.07. The van der Waals surface area contributed by atoms with Crippen LogP contribution < -0.4 is 10.2 Å². The molecule has 0 aromatic heterocycles. The van der Waals surface area contributed by atoms with Gasteiger partial charge in [0.2, 0.25) is 5.91 Å². The van der Waals surface area contributed by atoms with Crippen LogP contribution in [0.2, 0.25) is 0 Å². The van der Waals surface area contributed by atoms with E-state index >= 15 is 0 Å². The van der Waals surface area contributed by atoms with Crippen LogP contribution in [0, 0.1) is 0 Å². The number of likely N-dealkylation sites (N-methyl/N-ethyl adjacent to an activating group) is 1. The minimum atomic E-state index is -0.0550. The SMILES string of the molecule is CN1CC(=O)Nc2cccc(O)c21. The van der Waals surface area contributed by atoms with E-state index in [0.717, 1.165) is 0 Å². The van der Waals surface area contributed by atoms with Gasteiger partial charge in [-0.1, -0.05) is 6.07 Å². The number of carbonyl (C=O) groups excluding carboxylic acids is 1. The lowest BCUT2D eigenvalue weighted by molar-refractivity contribution is -0.115. The third-order valence-electron chi connectivity index (χ3n) is 2.05. The summed E-state index contributed by atoms with van der Waals surface area (Å²) < 4.78 is 0. The number of carbonyl (C=O) groups is 1. The fraction of sp³-hybridized carbons (Fsp3) is 0.222. The van der Waals surface area contributed by atoms with Crippen LogP contribution in [0.4, 0.5) is 11.4 Å². The average molecular weight is 178 g/mol. The van der Waals surface area contributed by atoms with Crippen molar-refractivity contribution in [1.82, 2.24) is 0 Å². The summed E-state index contributed by atoms with van der Waals surface area (Å²) in [4.78, 5) is 12.8. The molecule has 0 unspecified atom stereocenters. The Labute approximate surface area is 75.8 Å². The lowest BCUT2D eigenvalue weighted by atomic mass is 10.2. The lowest BCUT2D eigenvalue weighted by Crippen LogP contribution is -2.35. The van der Waals surface area contributed by atoms with Gasteiger partial charge in [0.15, 0.2) is 0 Å². The molecule has 13 heavy (non-hydrogen) atoms. The summed E-state index contributed by atoms with van der Waals surface area (Å²) in [5, 5.41) is 12.2. The highest BCUT2D eigenvalue weighted by molar-refractivity contribution is 6.02. The zero-order chi connectivity index (χ0) is 9.42. The van der Waals surface area contributed by atoms with E-state index in [1.54, 1.807) is 30.1 Å². The van der Waals surface area contributed by atoms with Gasteiger partial charge < -0.3 is 15.3 Å². The van der Waals surface area contributed by atoms with E-state index in [-0.39, 0.29) is 18.2 Å². The van der Waals surface area contributed by atoms with Crippen LogP contribution in [0.1, 0.15) is 0 Å². The topological polar surface area (TPSA) is 52.6 Å². The first kappa shape index (κ1) is 7.91. The van der Waals surface area contributed by atoms with Gasteiger partial charge in [0.05, 0.1) is 12.2 Å². The molecule has 0 saturated carbocycles. The molecule has 0 bridgehead atoms. The molecule has 4 nitrogen and oxygen atoms in total. The first-order chi connectivity index (χ1) is 6.18. The fourth-order valence-electron chi connectivity index (χ4n) is 1.52. The Morgan fingerprint density at radius 2 is 2.31 bits per heavy atom. The summed E-state index contributed by atoms with van der Waals surface area (Å²) in [6.07, 6.45) is 0. The van der Waals surface area contributed by atoms with Gasteiger partial charge in [0.1, 0.15) is 11.4 Å². The Morgan fingerprint density at radius 1 is 1.54 bits per heavy atom. The molecule has 0 aliphatic carbocycles. The first-order valence-corrected chi connectivity index (χ1v) is 4.01. The predicted molar refractivity (Wildman–Crippen MR) is 50.0 cm³/mol. The molecular formula is C9H10N2O2.